The number of fused-ring (bicyclic) bond motifs is 1. The fourth-order valence-corrected chi connectivity index (χ4v) is 2.91. The van der Waals surface area contributed by atoms with Crippen LogP contribution in [-0.4, -0.2) is 24.2 Å². The molecular weight excluding hydrogens is 354 g/mol. The molecule has 6 nitrogen and oxygen atoms in total. The third kappa shape index (κ3) is 4.76. The largest absolute Gasteiger partial charge is 0.508 e. The van der Waals surface area contributed by atoms with Crippen LogP contribution in [0.3, 0.4) is 0 Å². The molecule has 0 bridgehead atoms. The van der Waals surface area contributed by atoms with Gasteiger partial charge >= 0.3 is 0 Å². The Hall–Kier alpha value is -3.15. The maximum absolute atomic E-state index is 9.40. The van der Waals surface area contributed by atoms with Gasteiger partial charge in [-0.25, -0.2) is 4.99 Å². The van der Waals surface area contributed by atoms with Gasteiger partial charge in [-0.2, -0.15) is 0 Å². The quantitative estimate of drug-likeness (QED) is 0.419. The van der Waals surface area contributed by atoms with Crippen molar-refractivity contribution in [3.63, 3.8) is 0 Å². The van der Waals surface area contributed by atoms with E-state index in [1.165, 1.54) is 0 Å². The highest BCUT2D eigenvalue weighted by Crippen LogP contribution is 2.31. The van der Waals surface area contributed by atoms with Crippen LogP contribution in [0.4, 0.5) is 0 Å². The predicted octanol–water partition coefficient (Wildman–Crippen LogP) is 4.35. The fraction of sp³-hybridized carbons (Fsp3) is 0.318. The van der Waals surface area contributed by atoms with Crippen LogP contribution in [0.15, 0.2) is 57.9 Å². The minimum atomic E-state index is -0.0699. The maximum Gasteiger partial charge on any atom is 0.192 e. The van der Waals surface area contributed by atoms with Gasteiger partial charge in [-0.3, -0.25) is 0 Å². The summed E-state index contributed by atoms with van der Waals surface area (Å²) in [5, 5.41) is 17.0. The second-order valence-electron chi connectivity index (χ2n) is 6.48. The van der Waals surface area contributed by atoms with Crippen molar-refractivity contribution in [2.24, 2.45) is 4.99 Å². The fourth-order valence-electron chi connectivity index (χ4n) is 2.91. The van der Waals surface area contributed by atoms with Crippen LogP contribution in [0.25, 0.3) is 11.0 Å². The van der Waals surface area contributed by atoms with Gasteiger partial charge in [-0.1, -0.05) is 24.3 Å². The first-order valence-corrected chi connectivity index (χ1v) is 9.58. The molecule has 6 heteroatoms. The van der Waals surface area contributed by atoms with Gasteiger partial charge in [0.05, 0.1) is 19.2 Å². The number of aliphatic imine (C=N–C) groups is 1. The van der Waals surface area contributed by atoms with E-state index in [1.807, 2.05) is 57.2 Å². The molecule has 0 radical (unpaired) electrons. The van der Waals surface area contributed by atoms with Gasteiger partial charge < -0.3 is 24.9 Å². The summed E-state index contributed by atoms with van der Waals surface area (Å²) in [5.41, 5.74) is 1.78. The van der Waals surface area contributed by atoms with E-state index in [2.05, 4.69) is 15.6 Å². The summed E-state index contributed by atoms with van der Waals surface area (Å²) in [6.07, 6.45) is 0. The van der Waals surface area contributed by atoms with Crippen molar-refractivity contribution in [1.29, 1.82) is 0 Å². The van der Waals surface area contributed by atoms with Crippen molar-refractivity contribution < 1.29 is 14.3 Å². The summed E-state index contributed by atoms with van der Waals surface area (Å²) in [6, 6.07) is 14.9. The summed E-state index contributed by atoms with van der Waals surface area (Å²) < 4.78 is 11.7. The number of phenolic OH excluding ortho intramolecular Hbond substituents is 1. The number of nitrogens with zero attached hydrogens (tertiary/aromatic N) is 1. The van der Waals surface area contributed by atoms with E-state index < -0.39 is 0 Å². The number of para-hydroxylation sites is 1. The van der Waals surface area contributed by atoms with Gasteiger partial charge in [0, 0.05) is 11.9 Å². The molecule has 0 saturated heterocycles. The highest BCUT2D eigenvalue weighted by molar-refractivity contribution is 5.84. The molecule has 1 heterocycles. The molecule has 1 aromatic heterocycles. The van der Waals surface area contributed by atoms with Crippen LogP contribution in [0.1, 0.15) is 38.1 Å². The highest BCUT2D eigenvalue weighted by atomic mass is 16.5. The van der Waals surface area contributed by atoms with Crippen molar-refractivity contribution in [1.82, 2.24) is 10.6 Å². The lowest BCUT2D eigenvalue weighted by molar-refractivity contribution is 0.336. The average Bonchev–Trinajstić information content (AvgIpc) is 3.13. The smallest absolute Gasteiger partial charge is 0.192 e. The highest BCUT2D eigenvalue weighted by Gasteiger charge is 2.15. The second kappa shape index (κ2) is 9.17. The molecule has 3 aromatic rings. The van der Waals surface area contributed by atoms with E-state index in [-0.39, 0.29) is 11.8 Å². The molecule has 0 amide bonds. The van der Waals surface area contributed by atoms with E-state index in [0.29, 0.717) is 19.1 Å². The molecule has 0 fully saturated rings. The first kappa shape index (κ1) is 19.6. The lowest BCUT2D eigenvalue weighted by Gasteiger charge is -2.16. The van der Waals surface area contributed by atoms with Crippen LogP contribution in [0, 0.1) is 0 Å². The van der Waals surface area contributed by atoms with Crippen LogP contribution in [0.5, 0.6) is 11.5 Å². The summed E-state index contributed by atoms with van der Waals surface area (Å²) in [7, 11) is 0. The van der Waals surface area contributed by atoms with Gasteiger partial charge in [0.25, 0.3) is 0 Å². The van der Waals surface area contributed by atoms with E-state index in [4.69, 9.17) is 9.15 Å². The molecule has 1 atom stereocenters. The van der Waals surface area contributed by atoms with Crippen molar-refractivity contribution in [3.8, 4) is 11.5 Å². The zero-order valence-electron chi connectivity index (χ0n) is 16.5. The predicted molar refractivity (Wildman–Crippen MR) is 112 cm³/mol. The van der Waals surface area contributed by atoms with E-state index in [0.717, 1.165) is 34.6 Å². The zero-order valence-corrected chi connectivity index (χ0v) is 16.5. The molecule has 0 saturated carbocycles. The number of rotatable bonds is 7. The maximum atomic E-state index is 9.40. The molecule has 148 valence electrons. The first-order chi connectivity index (χ1) is 13.6. The van der Waals surface area contributed by atoms with E-state index in [1.54, 1.807) is 12.1 Å². The molecule has 3 N–H and O–H groups in total. The van der Waals surface area contributed by atoms with Gasteiger partial charge in [-0.15, -0.1) is 0 Å². The van der Waals surface area contributed by atoms with Crippen LogP contribution >= 0.6 is 0 Å². The van der Waals surface area contributed by atoms with Crippen molar-refractivity contribution >= 4 is 16.9 Å². The van der Waals surface area contributed by atoms with Gasteiger partial charge in [0.2, 0.25) is 0 Å². The number of hydrogen-bond acceptors (Lipinski definition) is 4. The molecule has 28 heavy (non-hydrogen) atoms. The molecule has 2 aromatic carbocycles. The monoisotopic (exact) mass is 381 g/mol. The van der Waals surface area contributed by atoms with Crippen molar-refractivity contribution in [3.05, 3.63) is 59.9 Å². The van der Waals surface area contributed by atoms with Gasteiger partial charge in [0.15, 0.2) is 17.3 Å². The Balaban J connectivity index is 1.75. The molecule has 3 rings (SSSR count). The number of furan rings is 1. The minimum absolute atomic E-state index is 0.0699. The van der Waals surface area contributed by atoms with E-state index >= 15 is 0 Å². The number of hydrogen-bond donors (Lipinski definition) is 3. The zero-order chi connectivity index (χ0) is 19.9. The van der Waals surface area contributed by atoms with Crippen LogP contribution in [-0.2, 0) is 6.54 Å². The molecule has 0 aliphatic rings. The summed E-state index contributed by atoms with van der Waals surface area (Å²) >= 11 is 0. The minimum Gasteiger partial charge on any atom is -0.508 e. The Labute approximate surface area is 165 Å². The van der Waals surface area contributed by atoms with Crippen molar-refractivity contribution in [2.75, 3.05) is 13.2 Å². The molecular formula is C22H27N3O3. The summed E-state index contributed by atoms with van der Waals surface area (Å²) in [6.45, 7) is 7.88. The lowest BCUT2D eigenvalue weighted by Crippen LogP contribution is -2.38. The Morgan fingerprint density at radius 2 is 1.96 bits per heavy atom. The topological polar surface area (TPSA) is 79.0 Å². The first-order valence-electron chi connectivity index (χ1n) is 9.58. The molecule has 0 aliphatic heterocycles. The average molecular weight is 381 g/mol. The molecule has 1 unspecified atom stereocenters. The number of nitrogens with one attached hydrogen (secondary N) is 2. The Kier molecular flexibility index (Phi) is 6.42. The molecule has 0 spiro atoms. The third-order valence-corrected chi connectivity index (χ3v) is 4.31. The Morgan fingerprint density at radius 3 is 2.68 bits per heavy atom. The summed E-state index contributed by atoms with van der Waals surface area (Å²) in [5.74, 6) is 2.53. The summed E-state index contributed by atoms with van der Waals surface area (Å²) in [4.78, 5) is 4.63. The lowest BCUT2D eigenvalue weighted by atomic mass is 10.2. The number of phenols is 1. The molecule has 0 aliphatic carbocycles. The number of aromatic hydroxyl groups is 1. The van der Waals surface area contributed by atoms with Crippen LogP contribution < -0.4 is 15.4 Å². The third-order valence-electron chi connectivity index (χ3n) is 4.31. The standard InChI is InChI=1S/C22H27N3O3/c1-4-23-22(24-14-16-9-11-18(26)12-10-16)25-15(3)20-13-17-7-6-8-19(27-5-2)21(17)28-20/h6-13,15,26H,4-5,14H2,1-3H3,(H2,23,24,25). The Morgan fingerprint density at radius 1 is 1.18 bits per heavy atom. The second-order valence-corrected chi connectivity index (χ2v) is 6.48. The number of ether oxygens (including phenoxy) is 1. The van der Waals surface area contributed by atoms with Crippen LogP contribution in [0.2, 0.25) is 0 Å². The van der Waals surface area contributed by atoms with Crippen molar-refractivity contribution in [2.45, 2.75) is 33.4 Å². The van der Waals surface area contributed by atoms with E-state index in [9.17, 15) is 5.11 Å². The SMILES string of the molecule is CCNC(=NCc1ccc(O)cc1)NC(C)c1cc2cccc(OCC)c2o1. The van der Waals surface area contributed by atoms with Gasteiger partial charge in [-0.05, 0) is 50.6 Å². The number of guanidine groups is 1. The normalized spacial score (nSPS) is 12.8. The Bertz CT molecular complexity index is 932. The number of benzene rings is 2. The van der Waals surface area contributed by atoms with Gasteiger partial charge in [0.1, 0.15) is 11.5 Å².